The van der Waals surface area contributed by atoms with Crippen molar-refractivity contribution < 1.29 is 19.7 Å². The lowest BCUT2D eigenvalue weighted by atomic mass is 10.1. The maximum Gasteiger partial charge on any atom is 0.319 e. The number of urea groups is 1. The molecule has 4 atom stereocenters. The fourth-order valence-electron chi connectivity index (χ4n) is 3.95. The SMILES string of the molecule is CN(CCCNC(=O)Nc1ccc(Cl)c(Cl)c1)C[C@H]1O[C@@H](n2cnc3c(N)ccnc32)[C@H](O)[C@@H]1O. The normalized spacial score (nSPS) is 22.1. The number of carbonyl (C=O) groups is 1. The zero-order valence-electron chi connectivity index (χ0n) is 18.9. The lowest BCUT2D eigenvalue weighted by molar-refractivity contribution is -0.0421. The summed E-state index contributed by atoms with van der Waals surface area (Å²) in [4.78, 5) is 22.5. The first-order chi connectivity index (χ1) is 16.7. The van der Waals surface area contributed by atoms with E-state index in [-0.39, 0.29) is 6.03 Å². The number of pyridine rings is 1. The second-order valence-corrected chi connectivity index (χ2v) is 9.21. The average Bonchev–Trinajstić information content (AvgIpc) is 3.37. The van der Waals surface area contributed by atoms with Crippen LogP contribution >= 0.6 is 23.2 Å². The van der Waals surface area contributed by atoms with Crippen LogP contribution < -0.4 is 16.4 Å². The second kappa shape index (κ2) is 10.9. The molecule has 3 aromatic rings. The highest BCUT2D eigenvalue weighted by Crippen LogP contribution is 2.32. The number of aliphatic hydroxyl groups is 2. The molecule has 1 aromatic carbocycles. The summed E-state index contributed by atoms with van der Waals surface area (Å²) in [7, 11) is 1.88. The summed E-state index contributed by atoms with van der Waals surface area (Å²) in [5.41, 5.74) is 7.92. The molecule has 1 fully saturated rings. The summed E-state index contributed by atoms with van der Waals surface area (Å²) in [6.45, 7) is 1.45. The van der Waals surface area contributed by atoms with E-state index in [0.717, 1.165) is 0 Å². The van der Waals surface area contributed by atoms with Crippen molar-refractivity contribution in [2.75, 3.05) is 37.7 Å². The first-order valence-electron chi connectivity index (χ1n) is 11.0. The Balaban J connectivity index is 1.23. The van der Waals surface area contributed by atoms with Gasteiger partial charge in [-0.3, -0.25) is 4.57 Å². The Morgan fingerprint density at radius 3 is 2.80 bits per heavy atom. The molecule has 0 saturated carbocycles. The maximum atomic E-state index is 12.1. The van der Waals surface area contributed by atoms with Crippen LogP contribution in [-0.4, -0.2) is 80.7 Å². The van der Waals surface area contributed by atoms with Crippen molar-refractivity contribution in [1.82, 2.24) is 24.8 Å². The minimum atomic E-state index is -1.15. The number of aliphatic hydroxyl groups excluding tert-OH is 2. The molecule has 13 heteroatoms. The molecular formula is C22H27Cl2N7O4. The molecule has 3 heterocycles. The van der Waals surface area contributed by atoms with Gasteiger partial charge in [-0.2, -0.15) is 0 Å². The number of anilines is 2. The molecule has 188 valence electrons. The van der Waals surface area contributed by atoms with Crippen LogP contribution in [0, 0.1) is 0 Å². The smallest absolute Gasteiger partial charge is 0.319 e. The molecular weight excluding hydrogens is 497 g/mol. The number of ether oxygens (including phenoxy) is 1. The van der Waals surface area contributed by atoms with Gasteiger partial charge < -0.3 is 36.2 Å². The molecule has 6 N–H and O–H groups in total. The molecule has 0 radical (unpaired) electrons. The number of rotatable bonds is 8. The van der Waals surface area contributed by atoms with Crippen LogP contribution in [-0.2, 0) is 4.74 Å². The van der Waals surface area contributed by atoms with Crippen LogP contribution in [0.4, 0.5) is 16.2 Å². The predicted octanol–water partition coefficient (Wildman–Crippen LogP) is 2.08. The lowest BCUT2D eigenvalue weighted by Gasteiger charge is -2.22. The van der Waals surface area contributed by atoms with Crippen molar-refractivity contribution in [2.24, 2.45) is 0 Å². The van der Waals surface area contributed by atoms with Crippen molar-refractivity contribution in [3.8, 4) is 0 Å². The van der Waals surface area contributed by atoms with Crippen LogP contribution in [0.2, 0.25) is 10.0 Å². The van der Waals surface area contributed by atoms with E-state index in [1.165, 1.54) is 6.33 Å². The number of benzene rings is 1. The molecule has 0 bridgehead atoms. The van der Waals surface area contributed by atoms with E-state index >= 15 is 0 Å². The third-order valence-electron chi connectivity index (χ3n) is 5.77. The molecule has 2 amide bonds. The van der Waals surface area contributed by atoms with Crippen LogP contribution in [0.3, 0.4) is 0 Å². The largest absolute Gasteiger partial charge is 0.397 e. The fourth-order valence-corrected chi connectivity index (χ4v) is 4.25. The summed E-state index contributed by atoms with van der Waals surface area (Å²) in [6.07, 6.45) is 0.0125. The number of nitrogens with two attached hydrogens (primary N) is 1. The molecule has 0 spiro atoms. The highest BCUT2D eigenvalue weighted by molar-refractivity contribution is 6.42. The number of carbonyl (C=O) groups excluding carboxylic acids is 1. The highest BCUT2D eigenvalue weighted by atomic mass is 35.5. The minimum absolute atomic E-state index is 0.353. The molecule has 2 aromatic heterocycles. The van der Waals surface area contributed by atoms with Crippen LogP contribution in [0.1, 0.15) is 12.6 Å². The molecule has 0 unspecified atom stereocenters. The van der Waals surface area contributed by atoms with Crippen molar-refractivity contribution in [2.45, 2.75) is 31.0 Å². The number of imidazole rings is 1. The Hall–Kier alpha value is -2.67. The van der Waals surface area contributed by atoms with E-state index in [4.69, 9.17) is 33.7 Å². The molecule has 1 aliphatic rings. The number of nitrogens with one attached hydrogen (secondary N) is 2. The van der Waals surface area contributed by atoms with E-state index in [9.17, 15) is 15.0 Å². The predicted molar refractivity (Wildman–Crippen MR) is 133 cm³/mol. The van der Waals surface area contributed by atoms with Gasteiger partial charge in [0.1, 0.15) is 23.8 Å². The number of hydrogen-bond acceptors (Lipinski definition) is 8. The Kier molecular flexibility index (Phi) is 7.95. The number of amides is 2. The summed E-state index contributed by atoms with van der Waals surface area (Å²) >= 11 is 11.8. The minimum Gasteiger partial charge on any atom is -0.397 e. The molecule has 35 heavy (non-hydrogen) atoms. The van der Waals surface area contributed by atoms with Crippen molar-refractivity contribution in [3.63, 3.8) is 0 Å². The van der Waals surface area contributed by atoms with Crippen LogP contribution in [0.15, 0.2) is 36.8 Å². The Morgan fingerprint density at radius 2 is 2.03 bits per heavy atom. The second-order valence-electron chi connectivity index (χ2n) is 8.40. The quantitative estimate of drug-likeness (QED) is 0.281. The molecule has 1 aliphatic heterocycles. The summed E-state index contributed by atoms with van der Waals surface area (Å²) < 4.78 is 7.56. The van der Waals surface area contributed by atoms with E-state index in [2.05, 4.69) is 20.6 Å². The average molecular weight is 524 g/mol. The van der Waals surface area contributed by atoms with Gasteiger partial charge in [0, 0.05) is 25.0 Å². The van der Waals surface area contributed by atoms with E-state index in [1.807, 2.05) is 11.9 Å². The monoisotopic (exact) mass is 523 g/mol. The van der Waals surface area contributed by atoms with Gasteiger partial charge in [-0.1, -0.05) is 23.2 Å². The number of aromatic nitrogens is 3. The number of nitrogens with zero attached hydrogens (tertiary/aromatic N) is 4. The fraction of sp³-hybridized carbons (Fsp3) is 0.409. The van der Waals surface area contributed by atoms with E-state index in [1.54, 1.807) is 35.0 Å². The summed E-state index contributed by atoms with van der Waals surface area (Å²) in [5.74, 6) is 0. The third-order valence-corrected chi connectivity index (χ3v) is 6.51. The van der Waals surface area contributed by atoms with Gasteiger partial charge in [-0.05, 0) is 44.3 Å². The zero-order chi connectivity index (χ0) is 25.1. The third kappa shape index (κ3) is 5.77. The van der Waals surface area contributed by atoms with Gasteiger partial charge in [0.15, 0.2) is 11.9 Å². The van der Waals surface area contributed by atoms with Gasteiger partial charge in [0.25, 0.3) is 0 Å². The van der Waals surface area contributed by atoms with Gasteiger partial charge in [0.05, 0.1) is 22.1 Å². The number of fused-ring (bicyclic) bond motifs is 1. The number of halogens is 2. The Bertz CT molecular complexity index is 1190. The lowest BCUT2D eigenvalue weighted by Crippen LogP contribution is -2.39. The standard InChI is InChI=1S/C22H27Cl2N7O4/c1-30(8-2-6-27-22(34)29-12-3-4-13(23)14(24)9-12)10-16-18(32)19(33)21(35-16)31-11-28-17-15(25)5-7-26-20(17)31/h3-5,7,9,11,16,18-19,21,32-33H,2,6,8,10H2,1H3,(H2,25,26)(H2,27,29,34)/t16-,18-,19-,21-/m1/s1. The van der Waals surface area contributed by atoms with E-state index in [0.29, 0.717) is 58.6 Å². The molecule has 1 saturated heterocycles. The van der Waals surface area contributed by atoms with Crippen molar-refractivity contribution in [3.05, 3.63) is 46.8 Å². The van der Waals surface area contributed by atoms with Gasteiger partial charge in [0.2, 0.25) is 0 Å². The number of nitrogen functional groups attached to an aromatic ring is 1. The Morgan fingerprint density at radius 1 is 1.23 bits per heavy atom. The van der Waals surface area contributed by atoms with E-state index < -0.39 is 24.5 Å². The van der Waals surface area contributed by atoms with Crippen LogP contribution in [0.5, 0.6) is 0 Å². The topological polar surface area (TPSA) is 151 Å². The molecule has 0 aliphatic carbocycles. The van der Waals surface area contributed by atoms with Gasteiger partial charge in [-0.15, -0.1) is 0 Å². The number of likely N-dealkylation sites (N-methyl/N-ethyl adjacent to an activating group) is 1. The van der Waals surface area contributed by atoms with Gasteiger partial charge in [-0.25, -0.2) is 14.8 Å². The highest BCUT2D eigenvalue weighted by Gasteiger charge is 2.44. The first kappa shape index (κ1) is 25.4. The molecule has 11 nitrogen and oxygen atoms in total. The van der Waals surface area contributed by atoms with Crippen LogP contribution in [0.25, 0.3) is 11.2 Å². The maximum absolute atomic E-state index is 12.1. The van der Waals surface area contributed by atoms with Gasteiger partial charge >= 0.3 is 6.03 Å². The first-order valence-corrected chi connectivity index (χ1v) is 11.8. The number of hydrogen-bond donors (Lipinski definition) is 5. The summed E-state index contributed by atoms with van der Waals surface area (Å²) in [6, 6.07) is 6.13. The zero-order valence-corrected chi connectivity index (χ0v) is 20.4. The molecule has 4 rings (SSSR count). The van der Waals surface area contributed by atoms with Crippen molar-refractivity contribution in [1.29, 1.82) is 0 Å². The van der Waals surface area contributed by atoms with Crippen molar-refractivity contribution >= 4 is 51.8 Å². The summed E-state index contributed by atoms with van der Waals surface area (Å²) in [5, 5.41) is 27.4. The Labute approximate surface area is 211 Å².